The van der Waals surface area contributed by atoms with E-state index in [1.165, 1.54) is 12.1 Å². The Balaban J connectivity index is 2.36. The van der Waals surface area contributed by atoms with Gasteiger partial charge in [0.05, 0.1) is 18.3 Å². The fourth-order valence-electron chi connectivity index (χ4n) is 1.50. The summed E-state index contributed by atoms with van der Waals surface area (Å²) in [6.45, 7) is 1.48. The number of fused-ring (bicyclic) bond motifs is 1. The van der Waals surface area contributed by atoms with Gasteiger partial charge in [0.25, 0.3) is 0 Å². The zero-order chi connectivity index (χ0) is 9.97. The average Bonchev–Trinajstić information content (AvgIpc) is 2.18. The number of halogens is 1. The lowest BCUT2D eigenvalue weighted by atomic mass is 10.2. The molecule has 1 aromatic carbocycles. The topological polar surface area (TPSA) is 36.3 Å². The molecule has 0 bridgehead atoms. The van der Waals surface area contributed by atoms with Gasteiger partial charge in [-0.05, 0) is 12.1 Å². The first-order chi connectivity index (χ1) is 6.81. The van der Waals surface area contributed by atoms with Gasteiger partial charge in [-0.3, -0.25) is 0 Å². The monoisotopic (exact) mass is 192 g/mol. The van der Waals surface area contributed by atoms with E-state index in [0.717, 1.165) is 5.69 Å². The molecule has 0 saturated carbocycles. The molecule has 0 fully saturated rings. The highest BCUT2D eigenvalue weighted by atomic mass is 19.1. The van der Waals surface area contributed by atoms with E-state index >= 15 is 0 Å². The van der Waals surface area contributed by atoms with Crippen LogP contribution in [0.4, 0.5) is 10.1 Å². The summed E-state index contributed by atoms with van der Waals surface area (Å²) in [5, 5.41) is 8.59. The van der Waals surface area contributed by atoms with E-state index in [1.807, 2.05) is 4.90 Å². The second kappa shape index (κ2) is 3.54. The predicted molar refractivity (Wildman–Crippen MR) is 49.7 cm³/mol. The molecule has 0 amide bonds. The van der Waals surface area contributed by atoms with E-state index in [2.05, 4.69) is 6.07 Å². The highest BCUT2D eigenvalue weighted by molar-refractivity contribution is 5.60. The molecule has 0 aliphatic carbocycles. The second-order valence-electron chi connectivity index (χ2n) is 3.04. The minimum atomic E-state index is -0.317. The standard InChI is InChI=1S/C10H9FN2O/c11-8-1-2-9-10(7-8)14-6-5-13(9)4-3-12/h1-2,7H,4-6H2. The summed E-state index contributed by atoms with van der Waals surface area (Å²) in [6.07, 6.45) is 0. The number of hydrogen-bond donors (Lipinski definition) is 0. The lowest BCUT2D eigenvalue weighted by Crippen LogP contribution is -2.32. The molecule has 3 nitrogen and oxygen atoms in total. The Morgan fingerprint density at radius 1 is 1.57 bits per heavy atom. The molecule has 0 saturated heterocycles. The first kappa shape index (κ1) is 8.82. The Morgan fingerprint density at radius 2 is 2.43 bits per heavy atom. The predicted octanol–water partition coefficient (Wildman–Crippen LogP) is 1.55. The minimum absolute atomic E-state index is 0.308. The average molecular weight is 192 g/mol. The van der Waals surface area contributed by atoms with Crippen molar-refractivity contribution in [3.8, 4) is 11.8 Å². The van der Waals surface area contributed by atoms with Crippen molar-refractivity contribution < 1.29 is 9.13 Å². The Morgan fingerprint density at radius 3 is 3.21 bits per heavy atom. The Bertz CT molecular complexity index is 386. The van der Waals surface area contributed by atoms with Crippen LogP contribution in [0.5, 0.6) is 5.75 Å². The van der Waals surface area contributed by atoms with Gasteiger partial charge in [0.1, 0.15) is 24.7 Å². The quantitative estimate of drug-likeness (QED) is 0.633. The van der Waals surface area contributed by atoms with Crippen LogP contribution in [0.25, 0.3) is 0 Å². The Labute approximate surface area is 81.3 Å². The Kier molecular flexibility index (Phi) is 2.23. The van der Waals surface area contributed by atoms with Crippen LogP contribution < -0.4 is 9.64 Å². The molecule has 0 atom stereocenters. The minimum Gasteiger partial charge on any atom is -0.489 e. The van der Waals surface area contributed by atoms with Crippen molar-refractivity contribution in [3.05, 3.63) is 24.0 Å². The van der Waals surface area contributed by atoms with E-state index in [0.29, 0.717) is 25.4 Å². The van der Waals surface area contributed by atoms with Crippen LogP contribution in [-0.4, -0.2) is 19.7 Å². The van der Waals surface area contributed by atoms with Crippen molar-refractivity contribution >= 4 is 5.69 Å². The number of nitrogens with zero attached hydrogens (tertiary/aromatic N) is 2. The number of benzene rings is 1. The van der Waals surface area contributed by atoms with Crippen LogP contribution in [0.15, 0.2) is 18.2 Å². The molecule has 0 N–H and O–H groups in total. The first-order valence-corrected chi connectivity index (χ1v) is 4.35. The molecule has 0 aromatic heterocycles. The summed E-state index contributed by atoms with van der Waals surface area (Å²) in [4.78, 5) is 1.87. The molecular formula is C10H9FN2O. The van der Waals surface area contributed by atoms with Gasteiger partial charge < -0.3 is 9.64 Å². The normalized spacial score (nSPS) is 14.1. The van der Waals surface area contributed by atoms with Crippen LogP contribution in [0.2, 0.25) is 0 Å². The number of anilines is 1. The van der Waals surface area contributed by atoms with E-state index in [9.17, 15) is 4.39 Å². The van der Waals surface area contributed by atoms with E-state index < -0.39 is 0 Å². The third-order valence-corrected chi connectivity index (χ3v) is 2.14. The van der Waals surface area contributed by atoms with Gasteiger partial charge >= 0.3 is 0 Å². The van der Waals surface area contributed by atoms with Crippen molar-refractivity contribution in [2.45, 2.75) is 0 Å². The number of nitriles is 1. The summed E-state index contributed by atoms with van der Waals surface area (Å²) < 4.78 is 18.1. The zero-order valence-corrected chi connectivity index (χ0v) is 7.53. The van der Waals surface area contributed by atoms with Crippen LogP contribution in [0.1, 0.15) is 0 Å². The summed E-state index contributed by atoms with van der Waals surface area (Å²) in [7, 11) is 0. The van der Waals surface area contributed by atoms with Crippen molar-refractivity contribution in [2.24, 2.45) is 0 Å². The fourth-order valence-corrected chi connectivity index (χ4v) is 1.50. The number of hydrogen-bond acceptors (Lipinski definition) is 3. The van der Waals surface area contributed by atoms with Crippen LogP contribution >= 0.6 is 0 Å². The molecule has 4 heteroatoms. The number of rotatable bonds is 1. The van der Waals surface area contributed by atoms with Crippen molar-refractivity contribution in [1.82, 2.24) is 0 Å². The van der Waals surface area contributed by atoms with Gasteiger partial charge in [-0.1, -0.05) is 0 Å². The fraction of sp³-hybridized carbons (Fsp3) is 0.300. The summed E-state index contributed by atoms with van der Waals surface area (Å²) in [5.74, 6) is 0.203. The summed E-state index contributed by atoms with van der Waals surface area (Å²) >= 11 is 0. The molecule has 1 aliphatic rings. The molecule has 1 aliphatic heterocycles. The highest BCUT2D eigenvalue weighted by Gasteiger charge is 2.17. The maximum atomic E-state index is 12.8. The van der Waals surface area contributed by atoms with Gasteiger partial charge in [-0.25, -0.2) is 4.39 Å². The summed E-state index contributed by atoms with van der Waals surface area (Å²) in [6, 6.07) is 6.43. The number of ether oxygens (including phenoxy) is 1. The van der Waals surface area contributed by atoms with Crippen molar-refractivity contribution in [2.75, 3.05) is 24.6 Å². The van der Waals surface area contributed by atoms with Gasteiger partial charge in [0, 0.05) is 6.07 Å². The first-order valence-electron chi connectivity index (χ1n) is 4.35. The van der Waals surface area contributed by atoms with Gasteiger partial charge in [0.15, 0.2) is 0 Å². The van der Waals surface area contributed by atoms with Gasteiger partial charge in [-0.2, -0.15) is 5.26 Å². The molecule has 0 radical (unpaired) electrons. The van der Waals surface area contributed by atoms with E-state index in [4.69, 9.17) is 10.00 Å². The maximum absolute atomic E-state index is 12.8. The SMILES string of the molecule is N#CCN1CCOc2cc(F)ccc21. The molecule has 0 unspecified atom stereocenters. The maximum Gasteiger partial charge on any atom is 0.145 e. The lowest BCUT2D eigenvalue weighted by molar-refractivity contribution is 0.308. The molecular weight excluding hydrogens is 183 g/mol. The van der Waals surface area contributed by atoms with Gasteiger partial charge in [0.2, 0.25) is 0 Å². The highest BCUT2D eigenvalue weighted by Crippen LogP contribution is 2.31. The van der Waals surface area contributed by atoms with E-state index in [-0.39, 0.29) is 5.82 Å². The largest absolute Gasteiger partial charge is 0.489 e. The summed E-state index contributed by atoms with van der Waals surface area (Å²) in [5.41, 5.74) is 0.791. The van der Waals surface area contributed by atoms with Crippen LogP contribution in [0, 0.1) is 17.1 Å². The van der Waals surface area contributed by atoms with Crippen molar-refractivity contribution in [3.63, 3.8) is 0 Å². The zero-order valence-electron chi connectivity index (χ0n) is 7.53. The molecule has 1 aromatic rings. The molecule has 14 heavy (non-hydrogen) atoms. The molecule has 1 heterocycles. The third kappa shape index (κ3) is 1.49. The lowest BCUT2D eigenvalue weighted by Gasteiger charge is -2.28. The van der Waals surface area contributed by atoms with E-state index in [1.54, 1.807) is 6.07 Å². The smallest absolute Gasteiger partial charge is 0.145 e. The molecule has 72 valence electrons. The van der Waals surface area contributed by atoms with Gasteiger partial charge in [-0.15, -0.1) is 0 Å². The molecule has 0 spiro atoms. The van der Waals surface area contributed by atoms with Crippen molar-refractivity contribution in [1.29, 1.82) is 5.26 Å². The van der Waals surface area contributed by atoms with Crippen LogP contribution in [0.3, 0.4) is 0 Å². The Hall–Kier alpha value is -1.76. The van der Waals surface area contributed by atoms with Crippen LogP contribution in [-0.2, 0) is 0 Å². The molecule has 2 rings (SSSR count). The second-order valence-corrected chi connectivity index (χ2v) is 3.04. The third-order valence-electron chi connectivity index (χ3n) is 2.14.